The highest BCUT2D eigenvalue weighted by molar-refractivity contribution is 6.06. The molecule has 2 aromatic heterocycles. The van der Waals surface area contributed by atoms with Crippen molar-refractivity contribution in [3.8, 4) is 17.1 Å². The Morgan fingerprint density at radius 1 is 1.12 bits per heavy atom. The van der Waals surface area contributed by atoms with Crippen molar-refractivity contribution in [1.29, 1.82) is 0 Å². The quantitative estimate of drug-likeness (QED) is 0.474. The van der Waals surface area contributed by atoms with Crippen LogP contribution in [0.3, 0.4) is 0 Å². The van der Waals surface area contributed by atoms with Gasteiger partial charge in [0.2, 0.25) is 0 Å². The molecule has 5 rings (SSSR count). The monoisotopic (exact) mass is 427 g/mol. The normalized spacial score (nSPS) is 14.0. The van der Waals surface area contributed by atoms with E-state index in [1.54, 1.807) is 13.3 Å². The second kappa shape index (κ2) is 8.80. The molecule has 2 N–H and O–H groups in total. The first-order chi connectivity index (χ1) is 15.7. The van der Waals surface area contributed by atoms with Crippen LogP contribution in [0.5, 0.6) is 5.75 Å². The lowest BCUT2D eigenvalue weighted by Gasteiger charge is -2.17. The number of pyridine rings is 1. The topological polar surface area (TPSA) is 83.1 Å². The second-order valence-corrected chi connectivity index (χ2v) is 7.97. The van der Waals surface area contributed by atoms with E-state index in [1.165, 1.54) is 12.8 Å². The minimum absolute atomic E-state index is 0.197. The van der Waals surface area contributed by atoms with E-state index < -0.39 is 0 Å². The van der Waals surface area contributed by atoms with Gasteiger partial charge in [-0.3, -0.25) is 9.69 Å². The first-order valence-electron chi connectivity index (χ1n) is 10.8. The van der Waals surface area contributed by atoms with E-state index in [1.807, 2.05) is 54.6 Å². The Balaban J connectivity index is 1.39. The van der Waals surface area contributed by atoms with Gasteiger partial charge in [-0.05, 0) is 62.3 Å². The molecule has 4 aromatic rings. The summed E-state index contributed by atoms with van der Waals surface area (Å²) in [6.07, 6.45) is 4.20. The number of rotatable bonds is 6. The van der Waals surface area contributed by atoms with Gasteiger partial charge in [0.25, 0.3) is 5.91 Å². The average molecular weight is 428 g/mol. The fraction of sp³-hybridized carbons (Fsp3) is 0.240. The first kappa shape index (κ1) is 20.2. The van der Waals surface area contributed by atoms with Gasteiger partial charge in [-0.25, -0.2) is 9.97 Å². The third-order valence-corrected chi connectivity index (χ3v) is 5.83. The molecule has 0 atom stereocenters. The average Bonchev–Trinajstić information content (AvgIpc) is 3.49. The van der Waals surface area contributed by atoms with Crippen molar-refractivity contribution in [2.75, 3.05) is 25.5 Å². The standard InChI is InChI=1S/C25H25N5O2/c1-32-22-15-17(10-11-18(22)16-30-13-4-5-14-30)25(31)28-20-8-3-2-7-19(20)23-27-21-9-6-12-26-24(21)29-23/h2-3,6-12,15H,4-5,13-14,16H2,1H3,(H,28,31)(H,26,27,29). The van der Waals surface area contributed by atoms with Gasteiger partial charge in [0.1, 0.15) is 17.1 Å². The summed E-state index contributed by atoms with van der Waals surface area (Å²) in [5.41, 5.74) is 4.62. The van der Waals surface area contributed by atoms with Crippen LogP contribution in [-0.4, -0.2) is 46.0 Å². The molecule has 32 heavy (non-hydrogen) atoms. The van der Waals surface area contributed by atoms with E-state index in [2.05, 4.69) is 25.2 Å². The van der Waals surface area contributed by atoms with Crippen molar-refractivity contribution in [3.63, 3.8) is 0 Å². The van der Waals surface area contributed by atoms with Crippen molar-refractivity contribution in [2.24, 2.45) is 0 Å². The third-order valence-electron chi connectivity index (χ3n) is 5.83. The summed E-state index contributed by atoms with van der Waals surface area (Å²) in [6, 6.07) is 17.0. The molecule has 2 aromatic carbocycles. The number of methoxy groups -OCH3 is 1. The first-order valence-corrected chi connectivity index (χ1v) is 10.8. The zero-order chi connectivity index (χ0) is 21.9. The van der Waals surface area contributed by atoms with Gasteiger partial charge in [-0.15, -0.1) is 0 Å². The van der Waals surface area contributed by atoms with Crippen LogP contribution < -0.4 is 10.1 Å². The van der Waals surface area contributed by atoms with Gasteiger partial charge < -0.3 is 15.0 Å². The number of amides is 1. The molecule has 1 saturated heterocycles. The van der Waals surface area contributed by atoms with Crippen molar-refractivity contribution >= 4 is 22.8 Å². The molecule has 7 heteroatoms. The summed E-state index contributed by atoms with van der Waals surface area (Å²) in [4.78, 5) is 27.6. The van der Waals surface area contributed by atoms with Crippen LogP contribution in [0.1, 0.15) is 28.8 Å². The number of carbonyl (C=O) groups is 1. The van der Waals surface area contributed by atoms with E-state index in [4.69, 9.17) is 4.74 Å². The highest BCUT2D eigenvalue weighted by atomic mass is 16.5. The van der Waals surface area contributed by atoms with Crippen LogP contribution in [-0.2, 0) is 6.54 Å². The molecule has 1 amide bonds. The predicted octanol–water partition coefficient (Wildman–Crippen LogP) is 4.48. The number of anilines is 1. The highest BCUT2D eigenvalue weighted by Crippen LogP contribution is 2.28. The fourth-order valence-corrected chi connectivity index (χ4v) is 4.16. The number of likely N-dealkylation sites (tertiary alicyclic amines) is 1. The van der Waals surface area contributed by atoms with Crippen molar-refractivity contribution in [3.05, 3.63) is 71.9 Å². The summed E-state index contributed by atoms with van der Waals surface area (Å²) in [6.45, 7) is 3.06. The van der Waals surface area contributed by atoms with E-state index in [9.17, 15) is 4.79 Å². The Morgan fingerprint density at radius 2 is 1.97 bits per heavy atom. The Hall–Kier alpha value is -3.71. The highest BCUT2D eigenvalue weighted by Gasteiger charge is 2.17. The Kier molecular flexibility index (Phi) is 5.56. The maximum absolute atomic E-state index is 13.1. The number of benzene rings is 2. The molecule has 0 radical (unpaired) electrons. The molecular formula is C25H25N5O2. The maximum atomic E-state index is 13.1. The van der Waals surface area contributed by atoms with Crippen molar-refractivity contribution in [2.45, 2.75) is 19.4 Å². The minimum Gasteiger partial charge on any atom is -0.496 e. The van der Waals surface area contributed by atoms with Gasteiger partial charge in [0.05, 0.1) is 12.8 Å². The molecule has 1 fully saturated rings. The summed E-state index contributed by atoms with van der Waals surface area (Å²) in [7, 11) is 1.65. The lowest BCUT2D eigenvalue weighted by Crippen LogP contribution is -2.19. The molecule has 162 valence electrons. The molecule has 0 spiro atoms. The number of para-hydroxylation sites is 1. The molecule has 7 nitrogen and oxygen atoms in total. The zero-order valence-electron chi connectivity index (χ0n) is 18.0. The van der Waals surface area contributed by atoms with Crippen LogP contribution >= 0.6 is 0 Å². The number of carbonyl (C=O) groups excluding carboxylic acids is 1. The number of nitrogens with one attached hydrogen (secondary N) is 2. The summed E-state index contributed by atoms with van der Waals surface area (Å²) < 4.78 is 5.59. The van der Waals surface area contributed by atoms with Crippen LogP contribution in [0.4, 0.5) is 5.69 Å². The zero-order valence-corrected chi connectivity index (χ0v) is 18.0. The summed E-state index contributed by atoms with van der Waals surface area (Å²) >= 11 is 0. The number of hydrogen-bond donors (Lipinski definition) is 2. The van der Waals surface area contributed by atoms with Crippen LogP contribution in [0.2, 0.25) is 0 Å². The van der Waals surface area contributed by atoms with E-state index >= 15 is 0 Å². The van der Waals surface area contributed by atoms with Gasteiger partial charge in [0, 0.05) is 29.4 Å². The predicted molar refractivity (Wildman–Crippen MR) is 125 cm³/mol. The largest absolute Gasteiger partial charge is 0.496 e. The maximum Gasteiger partial charge on any atom is 0.255 e. The van der Waals surface area contributed by atoms with Crippen molar-refractivity contribution < 1.29 is 9.53 Å². The lowest BCUT2D eigenvalue weighted by molar-refractivity contribution is 0.102. The number of fused-ring (bicyclic) bond motifs is 1. The summed E-state index contributed by atoms with van der Waals surface area (Å²) in [5.74, 6) is 1.20. The Bertz CT molecular complexity index is 1230. The Morgan fingerprint density at radius 3 is 2.78 bits per heavy atom. The minimum atomic E-state index is -0.197. The number of imidazole rings is 1. The summed E-state index contributed by atoms with van der Waals surface area (Å²) in [5, 5.41) is 3.03. The molecule has 0 saturated carbocycles. The van der Waals surface area contributed by atoms with Crippen molar-refractivity contribution in [1.82, 2.24) is 19.9 Å². The molecule has 0 unspecified atom stereocenters. The van der Waals surface area contributed by atoms with E-state index in [-0.39, 0.29) is 5.91 Å². The van der Waals surface area contributed by atoms with Gasteiger partial charge in [-0.1, -0.05) is 18.2 Å². The SMILES string of the molecule is COc1cc(C(=O)Nc2ccccc2-c2nc3cccnc3[nH]2)ccc1CN1CCCC1. The molecular weight excluding hydrogens is 402 g/mol. The molecule has 3 heterocycles. The van der Waals surface area contributed by atoms with Crippen LogP contribution in [0, 0.1) is 0 Å². The number of aromatic amines is 1. The third kappa shape index (κ3) is 4.07. The van der Waals surface area contributed by atoms with E-state index in [0.717, 1.165) is 42.0 Å². The van der Waals surface area contributed by atoms with Gasteiger partial charge in [0.15, 0.2) is 5.65 Å². The lowest BCUT2D eigenvalue weighted by atomic mass is 10.1. The molecule has 0 aliphatic carbocycles. The number of hydrogen-bond acceptors (Lipinski definition) is 5. The second-order valence-electron chi connectivity index (χ2n) is 7.97. The fourth-order valence-electron chi connectivity index (χ4n) is 4.16. The number of aromatic nitrogens is 3. The van der Waals surface area contributed by atoms with E-state index in [0.29, 0.717) is 22.7 Å². The van der Waals surface area contributed by atoms with Crippen LogP contribution in [0.25, 0.3) is 22.6 Å². The molecule has 0 bridgehead atoms. The Labute approximate surface area is 186 Å². The number of H-pyrrole nitrogens is 1. The van der Waals surface area contributed by atoms with Gasteiger partial charge >= 0.3 is 0 Å². The smallest absolute Gasteiger partial charge is 0.255 e. The number of nitrogens with zero attached hydrogens (tertiary/aromatic N) is 3. The van der Waals surface area contributed by atoms with Crippen LogP contribution in [0.15, 0.2) is 60.8 Å². The number of ether oxygens (including phenoxy) is 1. The molecule has 1 aliphatic rings. The molecule has 1 aliphatic heterocycles. The van der Waals surface area contributed by atoms with Gasteiger partial charge in [-0.2, -0.15) is 0 Å².